The van der Waals surface area contributed by atoms with Gasteiger partial charge in [0.05, 0.1) is 16.2 Å². The third kappa shape index (κ3) is 4.85. The number of hydrogen-bond acceptors (Lipinski definition) is 5. The van der Waals surface area contributed by atoms with Crippen LogP contribution in [0.25, 0.3) is 17.2 Å². The van der Waals surface area contributed by atoms with E-state index in [-0.39, 0.29) is 12.3 Å². The van der Waals surface area contributed by atoms with E-state index < -0.39 is 15.9 Å². The summed E-state index contributed by atoms with van der Waals surface area (Å²) in [7, 11) is -4.28. The molecule has 0 N–H and O–H groups in total. The molecule has 1 heterocycles. The zero-order valence-electron chi connectivity index (χ0n) is 15.3. The smallest absolute Gasteiger partial charge is 0.375 e. The maximum Gasteiger partial charge on any atom is 0.375 e. The van der Waals surface area contributed by atoms with Crippen molar-refractivity contribution in [2.24, 2.45) is 0 Å². The number of amides is 1. The quantitative estimate of drug-likeness (QED) is 0.449. The minimum absolute atomic E-state index is 0.163. The van der Waals surface area contributed by atoms with Gasteiger partial charge < -0.3 is 8.97 Å². The largest absolute Gasteiger partial charge is 0.748 e. The summed E-state index contributed by atoms with van der Waals surface area (Å²) in [5.74, 6) is -0.166. The Labute approximate surface area is 163 Å². The summed E-state index contributed by atoms with van der Waals surface area (Å²) in [6, 6.07) is 16.5. The minimum Gasteiger partial charge on any atom is -0.748 e. The van der Waals surface area contributed by atoms with Gasteiger partial charge in [0.2, 0.25) is 11.5 Å². The van der Waals surface area contributed by atoms with Gasteiger partial charge in [0.15, 0.2) is 6.54 Å². The van der Waals surface area contributed by atoms with Crippen LogP contribution in [0.3, 0.4) is 0 Å². The normalized spacial score (nSPS) is 11.9. The van der Waals surface area contributed by atoms with Crippen LogP contribution in [0, 0.1) is 0 Å². The third-order valence-corrected chi connectivity index (χ3v) is 4.94. The summed E-state index contributed by atoms with van der Waals surface area (Å²) in [5, 5.41) is 0. The number of oxazole rings is 1. The first-order valence-electron chi connectivity index (χ1n) is 8.73. The molecule has 0 spiro atoms. The number of fused-ring (bicyclic) bond motifs is 1. The first kappa shape index (κ1) is 19.8. The Morgan fingerprint density at radius 2 is 1.82 bits per heavy atom. The summed E-state index contributed by atoms with van der Waals surface area (Å²) < 4.78 is 40.4. The molecule has 0 bridgehead atoms. The number of rotatable bonds is 7. The zero-order valence-corrected chi connectivity index (χ0v) is 16.1. The number of carbonyl (C=O) groups is 1. The van der Waals surface area contributed by atoms with E-state index in [9.17, 15) is 17.8 Å². The number of aryl methyl sites for hydroxylation is 1. The van der Waals surface area contributed by atoms with Crippen LogP contribution in [0.2, 0.25) is 0 Å². The Bertz CT molecular complexity index is 1100. The minimum atomic E-state index is -4.28. The molecule has 28 heavy (non-hydrogen) atoms. The van der Waals surface area contributed by atoms with Crippen molar-refractivity contribution in [3.8, 4) is 0 Å². The Hall–Kier alpha value is -2.97. The van der Waals surface area contributed by atoms with Gasteiger partial charge in [-0.2, -0.15) is 4.57 Å². The lowest BCUT2D eigenvalue weighted by Gasteiger charge is -2.15. The number of hydrogen-bond donors (Lipinski definition) is 0. The fraction of sp³-hybridized carbons (Fsp3) is 0.200. The Morgan fingerprint density at radius 3 is 2.50 bits per heavy atom. The monoisotopic (exact) mass is 400 g/mol. The molecule has 3 aromatic rings. The van der Waals surface area contributed by atoms with Crippen molar-refractivity contribution < 1.29 is 26.7 Å². The van der Waals surface area contributed by atoms with Crippen molar-refractivity contribution in [1.82, 2.24) is 0 Å². The summed E-state index contributed by atoms with van der Waals surface area (Å²) in [4.78, 5) is 13.5. The van der Waals surface area contributed by atoms with E-state index in [0.29, 0.717) is 23.7 Å². The molecule has 0 atom stereocenters. The number of aromatic nitrogens is 1. The lowest BCUT2D eigenvalue weighted by molar-refractivity contribution is -0.677. The van der Waals surface area contributed by atoms with Crippen LogP contribution in [0.15, 0.2) is 65.2 Å². The lowest BCUT2D eigenvalue weighted by Crippen LogP contribution is -2.36. The molecule has 2 aromatic carbocycles. The van der Waals surface area contributed by atoms with Gasteiger partial charge in [0.25, 0.3) is 5.52 Å². The van der Waals surface area contributed by atoms with Crippen molar-refractivity contribution in [2.45, 2.75) is 19.9 Å². The zero-order chi connectivity index (χ0) is 20.1. The van der Waals surface area contributed by atoms with Crippen molar-refractivity contribution in [1.29, 1.82) is 0 Å². The van der Waals surface area contributed by atoms with Gasteiger partial charge in [-0.1, -0.05) is 30.3 Å². The first-order chi connectivity index (χ1) is 13.3. The van der Waals surface area contributed by atoms with E-state index in [1.807, 2.05) is 48.5 Å². The highest BCUT2D eigenvalue weighted by atomic mass is 32.2. The summed E-state index contributed by atoms with van der Waals surface area (Å²) in [5.41, 5.74) is 2.12. The fourth-order valence-electron chi connectivity index (χ4n) is 2.91. The number of nitrogens with zero attached hydrogens (tertiary/aromatic N) is 2. The van der Waals surface area contributed by atoms with Crippen LogP contribution in [0.5, 0.6) is 0 Å². The third-order valence-electron chi connectivity index (χ3n) is 4.15. The molecule has 0 saturated carbocycles. The fourth-order valence-corrected chi connectivity index (χ4v) is 3.39. The molecular formula is C20H20N2O5S. The topological polar surface area (TPSA) is 94.5 Å². The van der Waals surface area contributed by atoms with Crippen LogP contribution in [0.4, 0.5) is 5.69 Å². The van der Waals surface area contributed by atoms with Gasteiger partial charge in [-0.3, -0.25) is 9.69 Å². The molecule has 8 heteroatoms. The van der Waals surface area contributed by atoms with Crippen molar-refractivity contribution >= 4 is 38.9 Å². The molecule has 7 nitrogen and oxygen atoms in total. The van der Waals surface area contributed by atoms with Crippen molar-refractivity contribution in [3.05, 3.63) is 66.7 Å². The molecule has 0 saturated heterocycles. The van der Waals surface area contributed by atoms with E-state index in [2.05, 4.69) is 0 Å². The molecule has 146 valence electrons. The lowest BCUT2D eigenvalue weighted by atomic mass is 10.3. The van der Waals surface area contributed by atoms with E-state index in [1.165, 1.54) is 11.8 Å². The molecule has 0 fully saturated rings. The molecule has 0 aliphatic rings. The highest BCUT2D eigenvalue weighted by Gasteiger charge is 2.21. The highest BCUT2D eigenvalue weighted by molar-refractivity contribution is 7.85. The standard InChI is InChI=1S/C20H20N2O5S/c1-16(23)21(17-8-3-2-4-9-17)14-12-20-22(13-7-15-28(24,25)26)18-10-5-6-11-19(18)27-20/h2-6,8-12,14H,7,13,15H2,1H3. The average molecular weight is 400 g/mol. The Balaban J connectivity index is 1.94. The van der Waals surface area contributed by atoms with Gasteiger partial charge in [-0.15, -0.1) is 0 Å². The van der Waals surface area contributed by atoms with Crippen molar-refractivity contribution in [2.75, 3.05) is 10.7 Å². The number of benzene rings is 2. The second kappa shape index (κ2) is 8.37. The summed E-state index contributed by atoms with van der Waals surface area (Å²) in [6.07, 6.45) is 3.42. The molecule has 0 unspecified atom stereocenters. The van der Waals surface area contributed by atoms with E-state index in [4.69, 9.17) is 4.42 Å². The average Bonchev–Trinajstić information content (AvgIpc) is 2.99. The second-order valence-corrected chi connectivity index (χ2v) is 7.74. The van der Waals surface area contributed by atoms with Gasteiger partial charge in [-0.05, 0) is 18.2 Å². The number of para-hydroxylation sites is 3. The predicted molar refractivity (Wildman–Crippen MR) is 104 cm³/mol. The molecule has 1 aromatic heterocycles. The van der Waals surface area contributed by atoms with Gasteiger partial charge in [0.1, 0.15) is 0 Å². The molecule has 0 aliphatic heterocycles. The van der Waals surface area contributed by atoms with Crippen molar-refractivity contribution in [3.63, 3.8) is 0 Å². The van der Waals surface area contributed by atoms with Gasteiger partial charge >= 0.3 is 5.89 Å². The van der Waals surface area contributed by atoms with Gasteiger partial charge in [-0.25, -0.2) is 8.42 Å². The van der Waals surface area contributed by atoms with Crippen LogP contribution < -0.4 is 9.47 Å². The first-order valence-corrected chi connectivity index (χ1v) is 10.3. The van der Waals surface area contributed by atoms with E-state index in [0.717, 1.165) is 5.52 Å². The Kier molecular flexibility index (Phi) is 5.91. The molecular weight excluding hydrogens is 380 g/mol. The van der Waals surface area contributed by atoms with Crippen LogP contribution in [-0.2, 0) is 21.5 Å². The number of anilines is 1. The highest BCUT2D eigenvalue weighted by Crippen LogP contribution is 2.18. The van der Waals surface area contributed by atoms with Crippen LogP contribution in [-0.4, -0.2) is 24.6 Å². The maximum absolute atomic E-state index is 12.0. The predicted octanol–water partition coefficient (Wildman–Crippen LogP) is 2.68. The van der Waals surface area contributed by atoms with E-state index >= 15 is 0 Å². The summed E-state index contributed by atoms with van der Waals surface area (Å²) >= 11 is 0. The van der Waals surface area contributed by atoms with Crippen LogP contribution >= 0.6 is 0 Å². The number of carbonyl (C=O) groups excluding carboxylic acids is 1. The maximum atomic E-state index is 12.0. The van der Waals surface area contributed by atoms with E-state index in [1.54, 1.807) is 22.9 Å². The molecule has 0 radical (unpaired) electrons. The summed E-state index contributed by atoms with van der Waals surface area (Å²) in [6.45, 7) is 1.76. The van der Waals surface area contributed by atoms with Gasteiger partial charge in [0, 0.05) is 37.1 Å². The van der Waals surface area contributed by atoms with Crippen LogP contribution in [0.1, 0.15) is 19.2 Å². The second-order valence-electron chi connectivity index (χ2n) is 6.22. The Morgan fingerprint density at radius 1 is 1.14 bits per heavy atom. The molecule has 0 aliphatic carbocycles. The molecule has 3 rings (SSSR count). The molecule has 1 amide bonds. The SMILES string of the molecule is CC(=O)N(/C=C/c1oc2ccccc2[n+]1CCCS(=O)(=O)[O-])c1ccccc1.